The van der Waals surface area contributed by atoms with E-state index in [0.717, 1.165) is 41.9 Å². The molecular formula is C31H55N5O7S. The summed E-state index contributed by atoms with van der Waals surface area (Å²) in [5, 5.41) is 26.2. The summed E-state index contributed by atoms with van der Waals surface area (Å²) in [6.45, 7) is 20.5. The molecule has 2 aromatic rings. The molecule has 0 spiro atoms. The Kier molecular flexibility index (Phi) is 18.0. The van der Waals surface area contributed by atoms with Gasteiger partial charge in [-0.1, -0.05) is 26.0 Å². The largest absolute Gasteiger partial charge is 0.491 e. The van der Waals surface area contributed by atoms with Crippen molar-refractivity contribution in [3.8, 4) is 11.6 Å². The molecule has 0 amide bonds. The van der Waals surface area contributed by atoms with Gasteiger partial charge in [0, 0.05) is 37.8 Å². The number of hydrogen-bond donors (Lipinski definition) is 4. The van der Waals surface area contributed by atoms with Crippen LogP contribution in [0, 0.1) is 0 Å². The van der Waals surface area contributed by atoms with Crippen molar-refractivity contribution in [2.75, 3.05) is 70.7 Å². The van der Waals surface area contributed by atoms with Gasteiger partial charge in [0.25, 0.3) is 5.88 Å². The van der Waals surface area contributed by atoms with Crippen LogP contribution in [0.3, 0.4) is 0 Å². The molecule has 252 valence electrons. The summed E-state index contributed by atoms with van der Waals surface area (Å²) in [7, 11) is 0. The predicted octanol–water partition coefficient (Wildman–Crippen LogP) is 2.87. The minimum atomic E-state index is -0.580. The van der Waals surface area contributed by atoms with Crippen molar-refractivity contribution in [3.63, 3.8) is 0 Å². The molecule has 0 radical (unpaired) electrons. The molecule has 2 heterocycles. The summed E-state index contributed by atoms with van der Waals surface area (Å²) in [5.41, 5.74) is 1.06. The molecule has 13 heteroatoms. The summed E-state index contributed by atoms with van der Waals surface area (Å²) in [6, 6.07) is 8.09. The number of rotatable bonds is 18. The van der Waals surface area contributed by atoms with Crippen molar-refractivity contribution in [1.29, 1.82) is 0 Å². The van der Waals surface area contributed by atoms with Crippen molar-refractivity contribution in [2.24, 2.45) is 0 Å². The number of hydrogen-bond acceptors (Lipinski definition) is 13. The van der Waals surface area contributed by atoms with E-state index in [1.807, 2.05) is 52.0 Å². The average molecular weight is 642 g/mol. The van der Waals surface area contributed by atoms with Crippen LogP contribution in [-0.4, -0.2) is 115 Å². The Morgan fingerprint density at radius 3 is 2.23 bits per heavy atom. The van der Waals surface area contributed by atoms with Gasteiger partial charge in [0.1, 0.15) is 31.2 Å². The second-order valence-electron chi connectivity index (χ2n) is 12.2. The van der Waals surface area contributed by atoms with Crippen molar-refractivity contribution < 1.29 is 33.9 Å². The number of nitrogens with one attached hydrogen (secondary N) is 2. The summed E-state index contributed by atoms with van der Waals surface area (Å²) in [5.74, 6) is 2.00. The molecule has 4 N–H and O–H groups in total. The van der Waals surface area contributed by atoms with E-state index >= 15 is 0 Å². The van der Waals surface area contributed by atoms with Gasteiger partial charge in [-0.05, 0) is 52.3 Å². The molecule has 1 aromatic heterocycles. The Hall–Kier alpha value is -2.10. The normalized spacial score (nSPS) is 15.2. The number of aliphatic hydroxyl groups excluding tert-OH is 2. The minimum Gasteiger partial charge on any atom is -0.491 e. The van der Waals surface area contributed by atoms with Gasteiger partial charge in [-0.3, -0.25) is 0 Å². The maximum atomic E-state index is 9.95. The van der Waals surface area contributed by atoms with Crippen LogP contribution in [0.2, 0.25) is 0 Å². The molecule has 1 aliphatic rings. The second-order valence-corrected chi connectivity index (χ2v) is 12.8. The highest BCUT2D eigenvalue weighted by Gasteiger charge is 2.21. The van der Waals surface area contributed by atoms with Crippen LogP contribution in [0.5, 0.6) is 11.6 Å². The lowest BCUT2D eigenvalue weighted by atomic mass is 10.1. The highest BCUT2D eigenvalue weighted by molar-refractivity contribution is 6.99. The Morgan fingerprint density at radius 2 is 1.59 bits per heavy atom. The van der Waals surface area contributed by atoms with E-state index in [0.29, 0.717) is 58.0 Å². The van der Waals surface area contributed by atoms with Gasteiger partial charge in [0.2, 0.25) is 5.82 Å². The first kappa shape index (κ1) is 38.1. The first-order chi connectivity index (χ1) is 20.9. The minimum absolute atomic E-state index is 0.0257. The quantitative estimate of drug-likeness (QED) is 0.178. The third kappa shape index (κ3) is 17.4. The number of β-amino-alcohol motifs (C(OH)–C–C–N with tert-alkyl or cyclic N) is 1. The number of aromatic nitrogens is 2. The Labute approximate surface area is 267 Å². The predicted molar refractivity (Wildman–Crippen MR) is 174 cm³/mol. The fraction of sp³-hybridized carbons (Fsp3) is 0.742. The van der Waals surface area contributed by atoms with Gasteiger partial charge in [-0.25, -0.2) is 0 Å². The Bertz CT molecular complexity index is 998. The van der Waals surface area contributed by atoms with Gasteiger partial charge < -0.3 is 49.4 Å². The number of anilines is 1. The lowest BCUT2D eigenvalue weighted by Gasteiger charge is -2.27. The van der Waals surface area contributed by atoms with E-state index in [2.05, 4.69) is 45.1 Å². The number of aliphatic hydroxyl groups is 2. The smallest absolute Gasteiger partial charge is 0.270 e. The van der Waals surface area contributed by atoms with E-state index in [1.165, 1.54) is 0 Å². The monoisotopic (exact) mass is 641 g/mol. The van der Waals surface area contributed by atoms with Crippen molar-refractivity contribution in [1.82, 2.24) is 19.4 Å². The van der Waals surface area contributed by atoms with Crippen LogP contribution in [0.1, 0.15) is 54.0 Å². The van der Waals surface area contributed by atoms with Gasteiger partial charge in [0.15, 0.2) is 0 Å². The van der Waals surface area contributed by atoms with Crippen LogP contribution in [0.25, 0.3) is 0 Å². The topological polar surface area (TPSA) is 140 Å². The molecule has 0 bridgehead atoms. The van der Waals surface area contributed by atoms with Gasteiger partial charge >= 0.3 is 0 Å². The molecule has 1 aliphatic heterocycles. The molecule has 0 aliphatic carbocycles. The third-order valence-electron chi connectivity index (χ3n) is 6.11. The van der Waals surface area contributed by atoms with Crippen molar-refractivity contribution in [3.05, 3.63) is 29.8 Å². The molecule has 2 atom stereocenters. The second kappa shape index (κ2) is 20.8. The molecule has 1 unspecified atom stereocenters. The third-order valence-corrected chi connectivity index (χ3v) is 6.61. The maximum Gasteiger partial charge on any atom is 0.270 e. The highest BCUT2D eigenvalue weighted by atomic mass is 32.1. The summed E-state index contributed by atoms with van der Waals surface area (Å²) in [6.07, 6.45) is -0.856. The highest BCUT2D eigenvalue weighted by Crippen LogP contribution is 2.26. The summed E-state index contributed by atoms with van der Waals surface area (Å²) in [4.78, 5) is 2.10. The molecular weight excluding hydrogens is 586 g/mol. The SMILES string of the molecule is CC(C)(C)NC[C@H](O)COc1nsnc1N1CCOCC1.CC(C)NCC(O)COc1ccc(COCCOC(C)C)cc1. The van der Waals surface area contributed by atoms with Crippen LogP contribution in [0.4, 0.5) is 5.82 Å². The molecule has 12 nitrogen and oxygen atoms in total. The van der Waals surface area contributed by atoms with Crippen LogP contribution >= 0.6 is 11.7 Å². The first-order valence-electron chi connectivity index (χ1n) is 15.5. The van der Waals surface area contributed by atoms with Crippen LogP contribution < -0.4 is 25.0 Å². The molecule has 3 rings (SSSR count). The Balaban J connectivity index is 0.000000308. The van der Waals surface area contributed by atoms with Gasteiger partial charge in [0.05, 0.1) is 50.9 Å². The maximum absolute atomic E-state index is 9.95. The van der Waals surface area contributed by atoms with Crippen molar-refractivity contribution in [2.45, 2.75) is 85.0 Å². The number of morpholine rings is 1. The zero-order valence-corrected chi connectivity index (χ0v) is 28.4. The lowest BCUT2D eigenvalue weighted by molar-refractivity contribution is 0.0143. The Morgan fingerprint density at radius 1 is 0.932 bits per heavy atom. The molecule has 1 fully saturated rings. The van der Waals surface area contributed by atoms with E-state index in [9.17, 15) is 10.2 Å². The molecule has 44 heavy (non-hydrogen) atoms. The van der Waals surface area contributed by atoms with E-state index < -0.39 is 12.2 Å². The van der Waals surface area contributed by atoms with Crippen LogP contribution in [0.15, 0.2) is 24.3 Å². The summed E-state index contributed by atoms with van der Waals surface area (Å²) >= 11 is 1.12. The van der Waals surface area contributed by atoms with E-state index in [-0.39, 0.29) is 24.9 Å². The number of benzene rings is 1. The zero-order valence-electron chi connectivity index (χ0n) is 27.6. The van der Waals surface area contributed by atoms with E-state index in [1.54, 1.807) is 0 Å². The standard InChI is InChI=1S/C18H31NO4.C13H24N4O3S/c1-14(2)19-11-17(20)13-23-18-7-5-16(6-8-18)12-21-9-10-22-15(3)4;1-13(2,3)14-8-10(18)9-20-12-11(15-21-16-12)17-4-6-19-7-5-17/h5-8,14-15,17,19-20H,9-13H2,1-4H3;10,14,18H,4-9H2,1-3H3/t;10-/m.0/s1. The molecule has 0 saturated carbocycles. The molecule has 1 saturated heterocycles. The lowest BCUT2D eigenvalue weighted by Crippen LogP contribution is -2.42. The summed E-state index contributed by atoms with van der Waals surface area (Å²) < 4.78 is 35.9. The fourth-order valence-corrected chi connectivity index (χ4v) is 4.25. The number of nitrogens with zero attached hydrogens (tertiary/aromatic N) is 3. The molecule has 1 aromatic carbocycles. The average Bonchev–Trinajstić information content (AvgIpc) is 3.46. The van der Waals surface area contributed by atoms with E-state index in [4.69, 9.17) is 23.7 Å². The van der Waals surface area contributed by atoms with Crippen LogP contribution in [-0.2, 0) is 20.8 Å². The van der Waals surface area contributed by atoms with Gasteiger partial charge in [-0.2, -0.15) is 4.37 Å². The first-order valence-corrected chi connectivity index (χ1v) is 16.2. The zero-order chi connectivity index (χ0) is 32.4. The fourth-order valence-electron chi connectivity index (χ4n) is 3.73. The number of ether oxygens (including phenoxy) is 5. The van der Waals surface area contributed by atoms with Gasteiger partial charge in [-0.15, -0.1) is 4.37 Å². The van der Waals surface area contributed by atoms with Crippen molar-refractivity contribution >= 4 is 17.5 Å².